The molecule has 15 heavy (non-hydrogen) atoms. The van der Waals surface area contributed by atoms with Gasteiger partial charge in [-0.15, -0.1) is 6.58 Å². The lowest BCUT2D eigenvalue weighted by atomic mass is 10.0. The number of rotatable bonds is 6. The Hall–Kier alpha value is -1.12. The zero-order valence-electron chi connectivity index (χ0n) is 9.45. The third-order valence-corrected chi connectivity index (χ3v) is 2.54. The molecular formula is C13H20N2. The zero-order chi connectivity index (χ0) is 11.1. The third kappa shape index (κ3) is 3.86. The summed E-state index contributed by atoms with van der Waals surface area (Å²) < 4.78 is 0. The molecule has 82 valence electrons. The number of likely N-dealkylation sites (N-methyl/N-ethyl adjacent to an activating group) is 1. The predicted molar refractivity (Wildman–Crippen MR) is 65.7 cm³/mol. The summed E-state index contributed by atoms with van der Waals surface area (Å²) in [7, 11) is 2.10. The van der Waals surface area contributed by atoms with Crippen molar-refractivity contribution in [2.24, 2.45) is 5.73 Å². The standard InChI is InChI=1S/C13H20N2/c1-3-9-15(2)10-8-12-6-4-5-7-13(12)11-14/h3-7H,1,8-11,14H2,2H3. The molecule has 1 aromatic rings. The van der Waals surface area contributed by atoms with Crippen LogP contribution in [0.2, 0.25) is 0 Å². The summed E-state index contributed by atoms with van der Waals surface area (Å²) in [6.07, 6.45) is 2.98. The molecule has 0 amide bonds. The minimum Gasteiger partial charge on any atom is -0.326 e. The molecule has 0 saturated heterocycles. The lowest BCUT2D eigenvalue weighted by Gasteiger charge is -2.15. The van der Waals surface area contributed by atoms with E-state index in [1.54, 1.807) is 0 Å². The molecule has 0 atom stereocenters. The minimum absolute atomic E-state index is 0.626. The van der Waals surface area contributed by atoms with Gasteiger partial charge in [-0.1, -0.05) is 30.3 Å². The van der Waals surface area contributed by atoms with Gasteiger partial charge in [-0.2, -0.15) is 0 Å². The molecule has 0 radical (unpaired) electrons. The molecule has 0 heterocycles. The van der Waals surface area contributed by atoms with Gasteiger partial charge < -0.3 is 10.6 Å². The van der Waals surface area contributed by atoms with E-state index in [9.17, 15) is 0 Å². The van der Waals surface area contributed by atoms with Gasteiger partial charge in [-0.05, 0) is 24.6 Å². The van der Waals surface area contributed by atoms with Gasteiger partial charge in [0.05, 0.1) is 0 Å². The monoisotopic (exact) mass is 204 g/mol. The lowest BCUT2D eigenvalue weighted by molar-refractivity contribution is 0.375. The summed E-state index contributed by atoms with van der Waals surface area (Å²) in [5.74, 6) is 0. The van der Waals surface area contributed by atoms with Crippen molar-refractivity contribution in [3.05, 3.63) is 48.0 Å². The fourth-order valence-electron chi connectivity index (χ4n) is 1.62. The lowest BCUT2D eigenvalue weighted by Crippen LogP contribution is -2.21. The average Bonchev–Trinajstić information content (AvgIpc) is 2.27. The highest BCUT2D eigenvalue weighted by atomic mass is 15.1. The van der Waals surface area contributed by atoms with Gasteiger partial charge in [0.15, 0.2) is 0 Å². The van der Waals surface area contributed by atoms with Gasteiger partial charge >= 0.3 is 0 Å². The first-order valence-corrected chi connectivity index (χ1v) is 5.34. The first kappa shape index (κ1) is 12.0. The quantitative estimate of drug-likeness (QED) is 0.716. The van der Waals surface area contributed by atoms with Gasteiger partial charge in [-0.3, -0.25) is 0 Å². The van der Waals surface area contributed by atoms with Crippen molar-refractivity contribution in [1.82, 2.24) is 4.90 Å². The Balaban J connectivity index is 2.52. The van der Waals surface area contributed by atoms with Gasteiger partial charge in [-0.25, -0.2) is 0 Å². The fourth-order valence-corrected chi connectivity index (χ4v) is 1.62. The van der Waals surface area contributed by atoms with E-state index in [-0.39, 0.29) is 0 Å². The summed E-state index contributed by atoms with van der Waals surface area (Å²) in [4.78, 5) is 2.25. The Morgan fingerprint density at radius 1 is 1.33 bits per heavy atom. The van der Waals surface area contributed by atoms with Crippen molar-refractivity contribution < 1.29 is 0 Å². The van der Waals surface area contributed by atoms with E-state index in [2.05, 4.69) is 36.7 Å². The van der Waals surface area contributed by atoms with Crippen molar-refractivity contribution in [3.63, 3.8) is 0 Å². The second kappa shape index (κ2) is 6.38. The number of nitrogens with zero attached hydrogens (tertiary/aromatic N) is 1. The second-order valence-corrected chi connectivity index (χ2v) is 3.77. The third-order valence-electron chi connectivity index (χ3n) is 2.54. The Kier molecular flexibility index (Phi) is 5.08. The molecule has 0 aliphatic carbocycles. The van der Waals surface area contributed by atoms with Crippen LogP contribution in [-0.4, -0.2) is 25.0 Å². The number of benzene rings is 1. The van der Waals surface area contributed by atoms with Crippen LogP contribution in [0.4, 0.5) is 0 Å². The molecule has 0 fully saturated rings. The molecule has 0 saturated carbocycles. The molecule has 0 aliphatic rings. The van der Waals surface area contributed by atoms with E-state index >= 15 is 0 Å². The Morgan fingerprint density at radius 2 is 2.00 bits per heavy atom. The van der Waals surface area contributed by atoms with Gasteiger partial charge in [0.25, 0.3) is 0 Å². The molecule has 1 aromatic carbocycles. The van der Waals surface area contributed by atoms with Crippen LogP contribution in [0.1, 0.15) is 11.1 Å². The molecular weight excluding hydrogens is 184 g/mol. The van der Waals surface area contributed by atoms with E-state index < -0.39 is 0 Å². The highest BCUT2D eigenvalue weighted by Gasteiger charge is 2.01. The van der Waals surface area contributed by atoms with E-state index in [0.29, 0.717) is 6.54 Å². The van der Waals surface area contributed by atoms with Gasteiger partial charge in [0.1, 0.15) is 0 Å². The van der Waals surface area contributed by atoms with Crippen molar-refractivity contribution in [3.8, 4) is 0 Å². The Labute approximate surface area is 92.4 Å². The molecule has 0 aromatic heterocycles. The van der Waals surface area contributed by atoms with Crippen LogP contribution in [0.3, 0.4) is 0 Å². The van der Waals surface area contributed by atoms with Crippen LogP contribution < -0.4 is 5.73 Å². The van der Waals surface area contributed by atoms with Crippen LogP contribution in [-0.2, 0) is 13.0 Å². The normalized spacial score (nSPS) is 10.6. The number of hydrogen-bond acceptors (Lipinski definition) is 2. The smallest absolute Gasteiger partial charge is 0.0180 e. The van der Waals surface area contributed by atoms with E-state index in [1.165, 1.54) is 11.1 Å². The Bertz CT molecular complexity index is 307. The fraction of sp³-hybridized carbons (Fsp3) is 0.385. The minimum atomic E-state index is 0.626. The second-order valence-electron chi connectivity index (χ2n) is 3.77. The van der Waals surface area contributed by atoms with E-state index in [4.69, 9.17) is 5.73 Å². The summed E-state index contributed by atoms with van der Waals surface area (Å²) >= 11 is 0. The highest BCUT2D eigenvalue weighted by Crippen LogP contribution is 2.08. The summed E-state index contributed by atoms with van der Waals surface area (Å²) in [5.41, 5.74) is 8.30. The van der Waals surface area contributed by atoms with E-state index in [0.717, 1.165) is 19.5 Å². The summed E-state index contributed by atoms with van der Waals surface area (Å²) in [5, 5.41) is 0. The molecule has 1 rings (SSSR count). The maximum Gasteiger partial charge on any atom is 0.0180 e. The van der Waals surface area contributed by atoms with Crippen molar-refractivity contribution >= 4 is 0 Å². The van der Waals surface area contributed by atoms with Crippen LogP contribution in [0.25, 0.3) is 0 Å². The van der Waals surface area contributed by atoms with E-state index in [1.807, 2.05) is 12.1 Å². The van der Waals surface area contributed by atoms with Crippen LogP contribution in [0.5, 0.6) is 0 Å². The SMILES string of the molecule is C=CCN(C)CCc1ccccc1CN. The van der Waals surface area contributed by atoms with Crippen LogP contribution in [0, 0.1) is 0 Å². The maximum absolute atomic E-state index is 5.69. The first-order chi connectivity index (χ1) is 7.27. The number of nitrogens with two attached hydrogens (primary N) is 1. The topological polar surface area (TPSA) is 29.3 Å². The van der Waals surface area contributed by atoms with Gasteiger partial charge in [0, 0.05) is 19.6 Å². The molecule has 2 N–H and O–H groups in total. The average molecular weight is 204 g/mol. The first-order valence-electron chi connectivity index (χ1n) is 5.34. The maximum atomic E-state index is 5.69. The predicted octanol–water partition coefficient (Wildman–Crippen LogP) is 1.81. The van der Waals surface area contributed by atoms with Crippen molar-refractivity contribution in [1.29, 1.82) is 0 Å². The molecule has 0 unspecified atom stereocenters. The summed E-state index contributed by atoms with van der Waals surface area (Å²) in [6.45, 7) is 6.33. The molecule has 2 nitrogen and oxygen atoms in total. The van der Waals surface area contributed by atoms with Gasteiger partial charge in [0.2, 0.25) is 0 Å². The van der Waals surface area contributed by atoms with Crippen molar-refractivity contribution in [2.75, 3.05) is 20.1 Å². The van der Waals surface area contributed by atoms with Crippen LogP contribution in [0.15, 0.2) is 36.9 Å². The van der Waals surface area contributed by atoms with Crippen LogP contribution >= 0.6 is 0 Å². The molecule has 0 spiro atoms. The molecule has 0 aliphatic heterocycles. The molecule has 0 bridgehead atoms. The van der Waals surface area contributed by atoms with Crippen molar-refractivity contribution in [2.45, 2.75) is 13.0 Å². The highest BCUT2D eigenvalue weighted by molar-refractivity contribution is 5.27. The number of hydrogen-bond donors (Lipinski definition) is 1. The Morgan fingerprint density at radius 3 is 2.60 bits per heavy atom. The summed E-state index contributed by atoms with van der Waals surface area (Å²) in [6, 6.07) is 8.37. The zero-order valence-corrected chi connectivity index (χ0v) is 9.45. The molecule has 2 heteroatoms. The largest absolute Gasteiger partial charge is 0.326 e.